The molecule has 0 saturated carbocycles. The Kier molecular flexibility index (Phi) is 9.33. The number of alkyl carbamates (subject to hydrolysis) is 1. The van der Waals surface area contributed by atoms with Crippen molar-refractivity contribution in [2.24, 2.45) is 0 Å². The minimum absolute atomic E-state index is 0.255. The molecule has 0 radical (unpaired) electrons. The van der Waals surface area contributed by atoms with Gasteiger partial charge in [0.2, 0.25) is 0 Å². The van der Waals surface area contributed by atoms with Crippen LogP contribution in [0.5, 0.6) is 0 Å². The molecule has 8 heteroatoms. The van der Waals surface area contributed by atoms with Gasteiger partial charge in [-0.25, -0.2) is 9.18 Å². The molecular weight excluding hydrogens is 457 g/mol. The fourth-order valence-corrected chi connectivity index (χ4v) is 3.68. The number of fused-ring (bicyclic) bond motifs is 1. The summed E-state index contributed by atoms with van der Waals surface area (Å²) in [4.78, 5) is 11.6. The number of nitrogens with one attached hydrogen (secondary N) is 2. The van der Waals surface area contributed by atoms with Gasteiger partial charge in [-0.3, -0.25) is 0 Å². The minimum Gasteiger partial charge on any atom is -0.444 e. The number of ether oxygens (including phenoxy) is 2. The fourth-order valence-electron chi connectivity index (χ4n) is 3.55. The van der Waals surface area contributed by atoms with Gasteiger partial charge >= 0.3 is 6.09 Å². The number of nitrogens with zero attached hydrogens (tertiary/aromatic N) is 1. The first-order chi connectivity index (χ1) is 16.2. The van der Waals surface area contributed by atoms with Gasteiger partial charge in [-0.05, 0) is 68.7 Å². The highest BCUT2D eigenvalue weighted by molar-refractivity contribution is 6.30. The average molecular weight is 490 g/mol. The van der Waals surface area contributed by atoms with Crippen molar-refractivity contribution >= 4 is 28.6 Å². The summed E-state index contributed by atoms with van der Waals surface area (Å²) in [6, 6.07) is 12.8. The van der Waals surface area contributed by atoms with E-state index in [-0.39, 0.29) is 5.82 Å². The Labute approximate surface area is 205 Å². The lowest BCUT2D eigenvalue weighted by molar-refractivity contribution is 0.0520. The third kappa shape index (κ3) is 8.31. The summed E-state index contributed by atoms with van der Waals surface area (Å²) >= 11 is 5.97. The summed E-state index contributed by atoms with van der Waals surface area (Å²) in [6.45, 7) is 8.88. The topological polar surface area (TPSA) is 64.5 Å². The number of carbonyl (C=O) groups is 1. The van der Waals surface area contributed by atoms with Crippen LogP contribution in [0.1, 0.15) is 38.3 Å². The van der Waals surface area contributed by atoms with Crippen molar-refractivity contribution in [1.82, 2.24) is 15.2 Å². The Morgan fingerprint density at radius 3 is 2.59 bits per heavy atom. The summed E-state index contributed by atoms with van der Waals surface area (Å²) in [5, 5.41) is 7.74. The van der Waals surface area contributed by atoms with Crippen molar-refractivity contribution in [1.29, 1.82) is 0 Å². The number of aromatic nitrogens is 1. The molecule has 6 nitrogen and oxygen atoms in total. The molecule has 0 aliphatic carbocycles. The van der Waals surface area contributed by atoms with E-state index in [1.807, 2.05) is 61.9 Å². The van der Waals surface area contributed by atoms with Gasteiger partial charge in [-0.15, -0.1) is 0 Å². The second-order valence-electron chi connectivity index (χ2n) is 9.14. The van der Waals surface area contributed by atoms with E-state index in [9.17, 15) is 9.18 Å². The van der Waals surface area contributed by atoms with Crippen LogP contribution in [0.15, 0.2) is 48.7 Å². The summed E-state index contributed by atoms with van der Waals surface area (Å²) in [6.07, 6.45) is 2.26. The van der Waals surface area contributed by atoms with Crippen molar-refractivity contribution in [3.8, 4) is 0 Å². The van der Waals surface area contributed by atoms with Crippen LogP contribution in [0.3, 0.4) is 0 Å². The predicted molar refractivity (Wildman–Crippen MR) is 134 cm³/mol. The number of hydrogen-bond acceptors (Lipinski definition) is 4. The molecule has 2 N–H and O–H groups in total. The zero-order valence-corrected chi connectivity index (χ0v) is 20.8. The third-order valence-electron chi connectivity index (χ3n) is 5.08. The average Bonchev–Trinajstić information content (AvgIpc) is 3.15. The van der Waals surface area contributed by atoms with Gasteiger partial charge in [0.1, 0.15) is 11.4 Å². The maximum atomic E-state index is 14.3. The van der Waals surface area contributed by atoms with E-state index in [2.05, 4.69) is 10.6 Å². The molecule has 1 aromatic heterocycles. The lowest BCUT2D eigenvalue weighted by atomic mass is 10.1. The molecule has 0 fully saturated rings. The van der Waals surface area contributed by atoms with Crippen LogP contribution in [0.4, 0.5) is 9.18 Å². The number of amides is 1. The first kappa shape index (κ1) is 26.0. The SMILES string of the molecule is CC(C)(C)OC(=O)NCCCOCCNCc1cc(F)cc2c1ccn2Cc1ccc(Cl)cc1. The second kappa shape index (κ2) is 12.2. The molecule has 2 aromatic carbocycles. The van der Waals surface area contributed by atoms with Gasteiger partial charge in [-0.1, -0.05) is 23.7 Å². The van der Waals surface area contributed by atoms with Crippen molar-refractivity contribution in [3.63, 3.8) is 0 Å². The molecule has 3 rings (SSSR count). The van der Waals surface area contributed by atoms with Crippen LogP contribution in [0, 0.1) is 5.82 Å². The summed E-state index contributed by atoms with van der Waals surface area (Å²) in [5.74, 6) is -0.255. The van der Waals surface area contributed by atoms with Crippen LogP contribution in [0.2, 0.25) is 5.02 Å². The highest BCUT2D eigenvalue weighted by Gasteiger charge is 2.15. The second-order valence-corrected chi connectivity index (χ2v) is 9.58. The number of rotatable bonds is 11. The molecule has 1 heterocycles. The van der Waals surface area contributed by atoms with Crippen LogP contribution in [-0.4, -0.2) is 42.6 Å². The number of carbonyl (C=O) groups excluding carboxylic acids is 1. The minimum atomic E-state index is -0.501. The first-order valence-electron chi connectivity index (χ1n) is 11.5. The highest BCUT2D eigenvalue weighted by Crippen LogP contribution is 2.23. The molecule has 3 aromatic rings. The summed E-state index contributed by atoms with van der Waals surface area (Å²) < 4.78 is 27.1. The van der Waals surface area contributed by atoms with E-state index >= 15 is 0 Å². The molecule has 0 atom stereocenters. The maximum Gasteiger partial charge on any atom is 0.407 e. The predicted octanol–water partition coefficient (Wildman–Crippen LogP) is 5.50. The van der Waals surface area contributed by atoms with E-state index in [1.165, 1.54) is 0 Å². The van der Waals surface area contributed by atoms with Gasteiger partial charge in [0, 0.05) is 49.4 Å². The largest absolute Gasteiger partial charge is 0.444 e. The number of hydrogen-bond donors (Lipinski definition) is 2. The standard InChI is InChI=1S/C26H33ClFN3O3/c1-26(2,3)34-25(32)30-10-4-13-33-14-11-29-17-20-15-22(28)16-24-23(20)9-12-31(24)18-19-5-7-21(27)8-6-19/h5-9,12,15-16,29H,4,10-11,13-14,17-18H2,1-3H3,(H,30,32). The molecule has 184 valence electrons. The Morgan fingerprint density at radius 1 is 1.09 bits per heavy atom. The summed E-state index contributed by atoms with van der Waals surface area (Å²) in [5.41, 5.74) is 2.37. The summed E-state index contributed by atoms with van der Waals surface area (Å²) in [7, 11) is 0. The molecule has 0 bridgehead atoms. The first-order valence-corrected chi connectivity index (χ1v) is 11.9. The number of halogens is 2. The normalized spacial score (nSPS) is 11.7. The zero-order chi connectivity index (χ0) is 24.6. The van der Waals surface area contributed by atoms with Crippen molar-refractivity contribution in [2.45, 2.75) is 45.9 Å². The van der Waals surface area contributed by atoms with Crippen LogP contribution in [-0.2, 0) is 22.6 Å². The van der Waals surface area contributed by atoms with Gasteiger partial charge in [0.25, 0.3) is 0 Å². The molecular formula is C26H33ClFN3O3. The smallest absolute Gasteiger partial charge is 0.407 e. The Hall–Kier alpha value is -2.61. The Morgan fingerprint density at radius 2 is 1.85 bits per heavy atom. The number of benzene rings is 2. The Balaban J connectivity index is 1.40. The van der Waals surface area contributed by atoms with Crippen LogP contribution in [0.25, 0.3) is 10.9 Å². The van der Waals surface area contributed by atoms with Gasteiger partial charge in [0.15, 0.2) is 0 Å². The maximum absolute atomic E-state index is 14.3. The van der Waals surface area contributed by atoms with E-state index in [1.54, 1.807) is 12.1 Å². The van der Waals surface area contributed by atoms with Crippen molar-refractivity contribution < 1.29 is 18.7 Å². The van der Waals surface area contributed by atoms with Gasteiger partial charge < -0.3 is 24.7 Å². The van der Waals surface area contributed by atoms with Gasteiger partial charge in [0.05, 0.1) is 12.1 Å². The van der Waals surface area contributed by atoms with Crippen LogP contribution >= 0.6 is 11.6 Å². The molecule has 0 unspecified atom stereocenters. The quantitative estimate of drug-likeness (QED) is 0.349. The molecule has 0 aliphatic rings. The molecule has 34 heavy (non-hydrogen) atoms. The molecule has 0 spiro atoms. The third-order valence-corrected chi connectivity index (χ3v) is 5.33. The van der Waals surface area contributed by atoms with E-state index in [4.69, 9.17) is 21.1 Å². The van der Waals surface area contributed by atoms with E-state index < -0.39 is 11.7 Å². The molecule has 0 aliphatic heterocycles. The molecule has 1 amide bonds. The highest BCUT2D eigenvalue weighted by atomic mass is 35.5. The lowest BCUT2D eigenvalue weighted by Gasteiger charge is -2.19. The van der Waals surface area contributed by atoms with Crippen molar-refractivity contribution in [2.75, 3.05) is 26.3 Å². The Bertz CT molecular complexity index is 1080. The zero-order valence-electron chi connectivity index (χ0n) is 20.0. The van der Waals surface area contributed by atoms with Gasteiger partial charge in [-0.2, -0.15) is 0 Å². The fraction of sp³-hybridized carbons (Fsp3) is 0.423. The van der Waals surface area contributed by atoms with Crippen molar-refractivity contribution in [3.05, 3.63) is 70.6 Å². The van der Waals surface area contributed by atoms with Crippen LogP contribution < -0.4 is 10.6 Å². The monoisotopic (exact) mass is 489 g/mol. The van der Waals surface area contributed by atoms with E-state index in [0.29, 0.717) is 50.8 Å². The molecule has 0 saturated heterocycles. The van der Waals surface area contributed by atoms with E-state index in [0.717, 1.165) is 22.0 Å². The lowest BCUT2D eigenvalue weighted by Crippen LogP contribution is -2.33.